The Hall–Kier alpha value is -2.39. The van der Waals surface area contributed by atoms with E-state index in [9.17, 15) is 0 Å². The van der Waals surface area contributed by atoms with Gasteiger partial charge in [0.25, 0.3) is 0 Å². The zero-order valence-corrected chi connectivity index (χ0v) is 21.6. The molecule has 0 N–H and O–H groups in total. The lowest BCUT2D eigenvalue weighted by Gasteiger charge is -2.44. The molecule has 1 aromatic heterocycles. The zero-order chi connectivity index (χ0) is 25.2. The first-order valence-corrected chi connectivity index (χ1v) is 12.5. The SMILES string of the molecule is COC1C(C)OC(OC2Cc3ccc(-c4ccnc(-c5ccc(Cl)cc5)n4)cc3C2)C(OC)C1OC. The van der Waals surface area contributed by atoms with Gasteiger partial charge in [0.15, 0.2) is 12.1 Å². The van der Waals surface area contributed by atoms with Gasteiger partial charge in [0.05, 0.1) is 17.9 Å². The fourth-order valence-electron chi connectivity index (χ4n) is 5.20. The van der Waals surface area contributed by atoms with Crippen molar-refractivity contribution in [2.24, 2.45) is 0 Å². The number of benzene rings is 2. The van der Waals surface area contributed by atoms with Crippen LogP contribution in [0.5, 0.6) is 0 Å². The topological polar surface area (TPSA) is 71.9 Å². The maximum atomic E-state index is 6.45. The minimum atomic E-state index is -0.538. The van der Waals surface area contributed by atoms with Gasteiger partial charge in [-0.25, -0.2) is 9.97 Å². The molecular weight excluding hydrogens is 480 g/mol. The number of ether oxygens (including phenoxy) is 5. The van der Waals surface area contributed by atoms with Crippen LogP contribution in [0.4, 0.5) is 0 Å². The summed E-state index contributed by atoms with van der Waals surface area (Å²) in [5.41, 5.74) is 5.37. The van der Waals surface area contributed by atoms with E-state index in [1.165, 1.54) is 11.1 Å². The zero-order valence-electron chi connectivity index (χ0n) is 20.9. The number of nitrogens with zero attached hydrogens (tertiary/aromatic N) is 2. The van der Waals surface area contributed by atoms with Gasteiger partial charge in [-0.2, -0.15) is 0 Å². The minimum absolute atomic E-state index is 0.0169. The highest BCUT2D eigenvalue weighted by molar-refractivity contribution is 6.30. The van der Waals surface area contributed by atoms with E-state index in [4.69, 9.17) is 40.3 Å². The lowest BCUT2D eigenvalue weighted by Crippen LogP contribution is -2.59. The van der Waals surface area contributed by atoms with Crippen LogP contribution in [0.3, 0.4) is 0 Å². The van der Waals surface area contributed by atoms with Gasteiger partial charge >= 0.3 is 0 Å². The molecule has 0 bridgehead atoms. The molecule has 0 spiro atoms. The third-order valence-corrected chi connectivity index (χ3v) is 7.28. The molecule has 1 saturated heterocycles. The predicted molar refractivity (Wildman–Crippen MR) is 137 cm³/mol. The summed E-state index contributed by atoms with van der Waals surface area (Å²) in [6.45, 7) is 1.97. The van der Waals surface area contributed by atoms with Gasteiger partial charge in [0.2, 0.25) is 0 Å². The first kappa shape index (κ1) is 25.3. The van der Waals surface area contributed by atoms with Gasteiger partial charge in [-0.05, 0) is 67.3 Å². The van der Waals surface area contributed by atoms with E-state index >= 15 is 0 Å². The summed E-state index contributed by atoms with van der Waals surface area (Å²) in [6, 6.07) is 15.9. The van der Waals surface area contributed by atoms with Crippen LogP contribution in [0.25, 0.3) is 22.6 Å². The number of hydrogen-bond donors (Lipinski definition) is 0. The number of hydrogen-bond acceptors (Lipinski definition) is 7. The van der Waals surface area contributed by atoms with Crippen molar-refractivity contribution in [1.29, 1.82) is 0 Å². The number of fused-ring (bicyclic) bond motifs is 1. The fraction of sp³-hybridized carbons (Fsp3) is 0.429. The molecule has 2 heterocycles. The highest BCUT2D eigenvalue weighted by Gasteiger charge is 2.47. The average Bonchev–Trinajstić information content (AvgIpc) is 3.30. The molecule has 0 amide bonds. The van der Waals surface area contributed by atoms with Crippen molar-refractivity contribution in [3.8, 4) is 22.6 Å². The molecule has 1 aliphatic heterocycles. The second kappa shape index (κ2) is 10.9. The molecule has 3 aromatic rings. The summed E-state index contributed by atoms with van der Waals surface area (Å²) in [4.78, 5) is 9.24. The van der Waals surface area contributed by atoms with Crippen LogP contribution in [0.2, 0.25) is 5.02 Å². The van der Waals surface area contributed by atoms with Crippen LogP contribution in [0.1, 0.15) is 18.1 Å². The average molecular weight is 511 g/mol. The van der Waals surface area contributed by atoms with Gasteiger partial charge in [0, 0.05) is 43.7 Å². The maximum absolute atomic E-state index is 6.45. The number of halogens is 1. The van der Waals surface area contributed by atoms with Crippen LogP contribution < -0.4 is 0 Å². The Morgan fingerprint density at radius 2 is 1.53 bits per heavy atom. The van der Waals surface area contributed by atoms with Crippen molar-refractivity contribution in [1.82, 2.24) is 9.97 Å². The van der Waals surface area contributed by atoms with Crippen LogP contribution >= 0.6 is 11.6 Å². The molecule has 1 aliphatic carbocycles. The quantitative estimate of drug-likeness (QED) is 0.454. The van der Waals surface area contributed by atoms with Crippen molar-refractivity contribution < 1.29 is 23.7 Å². The molecule has 2 aromatic carbocycles. The Balaban J connectivity index is 1.31. The highest BCUT2D eigenvalue weighted by Crippen LogP contribution is 2.33. The molecule has 8 heteroatoms. The van der Waals surface area contributed by atoms with Gasteiger partial charge in [-0.3, -0.25) is 0 Å². The summed E-state index contributed by atoms with van der Waals surface area (Å²) in [7, 11) is 4.97. The van der Waals surface area contributed by atoms with E-state index in [0.717, 1.165) is 29.7 Å². The van der Waals surface area contributed by atoms with Crippen molar-refractivity contribution in [3.63, 3.8) is 0 Å². The summed E-state index contributed by atoms with van der Waals surface area (Å²) in [5.74, 6) is 0.669. The third kappa shape index (κ3) is 5.05. The van der Waals surface area contributed by atoms with Crippen LogP contribution in [0, 0.1) is 0 Å². The van der Waals surface area contributed by atoms with Crippen molar-refractivity contribution in [2.45, 2.75) is 56.6 Å². The van der Waals surface area contributed by atoms with Crippen molar-refractivity contribution in [2.75, 3.05) is 21.3 Å². The van der Waals surface area contributed by atoms with Crippen molar-refractivity contribution >= 4 is 11.6 Å². The van der Waals surface area contributed by atoms with Gasteiger partial charge in [-0.15, -0.1) is 0 Å². The molecule has 6 atom stereocenters. The lowest BCUT2D eigenvalue weighted by molar-refractivity contribution is -0.314. The van der Waals surface area contributed by atoms with E-state index in [0.29, 0.717) is 10.8 Å². The largest absolute Gasteiger partial charge is 0.376 e. The molecule has 5 rings (SSSR count). The van der Waals surface area contributed by atoms with Gasteiger partial charge in [-0.1, -0.05) is 23.7 Å². The Morgan fingerprint density at radius 1 is 0.833 bits per heavy atom. The summed E-state index contributed by atoms with van der Waals surface area (Å²) in [5, 5.41) is 0.687. The first-order chi connectivity index (χ1) is 17.5. The highest BCUT2D eigenvalue weighted by atomic mass is 35.5. The second-order valence-electron chi connectivity index (χ2n) is 9.23. The Kier molecular flexibility index (Phi) is 7.67. The fourth-order valence-corrected chi connectivity index (χ4v) is 5.33. The Bertz CT molecular complexity index is 1190. The Labute approximate surface area is 216 Å². The minimum Gasteiger partial charge on any atom is -0.376 e. The van der Waals surface area contributed by atoms with Crippen LogP contribution in [-0.2, 0) is 36.5 Å². The molecule has 0 saturated carbocycles. The number of aromatic nitrogens is 2. The predicted octanol–water partition coefficient (Wildman–Crippen LogP) is 4.74. The molecule has 1 fully saturated rings. The normalized spacial score (nSPS) is 27.7. The van der Waals surface area contributed by atoms with Crippen molar-refractivity contribution in [3.05, 3.63) is 70.9 Å². The van der Waals surface area contributed by atoms with E-state index in [2.05, 4.69) is 23.2 Å². The Morgan fingerprint density at radius 3 is 2.25 bits per heavy atom. The van der Waals surface area contributed by atoms with Crippen LogP contribution in [-0.4, -0.2) is 68.1 Å². The standard InChI is InChI=1S/C28H31ClN2O5/c1-16-24(32-2)25(33-3)26(34-4)28(35-16)36-22-14-18-5-6-19(13-20(18)15-22)23-11-12-30-27(31-23)17-7-9-21(29)10-8-17/h5-13,16,22,24-26,28H,14-15H2,1-4H3. The second-order valence-corrected chi connectivity index (χ2v) is 9.67. The van der Waals surface area contributed by atoms with E-state index in [-0.39, 0.29) is 30.5 Å². The molecule has 6 unspecified atom stereocenters. The molecule has 2 aliphatic rings. The molecular formula is C28H31ClN2O5. The summed E-state index contributed by atoms with van der Waals surface area (Å²) < 4.78 is 29.7. The third-order valence-electron chi connectivity index (χ3n) is 7.03. The molecule has 0 radical (unpaired) electrons. The van der Waals surface area contributed by atoms with Gasteiger partial charge < -0.3 is 23.7 Å². The smallest absolute Gasteiger partial charge is 0.187 e. The lowest BCUT2D eigenvalue weighted by atomic mass is 9.99. The first-order valence-electron chi connectivity index (χ1n) is 12.1. The molecule has 36 heavy (non-hydrogen) atoms. The number of methoxy groups -OCH3 is 3. The van der Waals surface area contributed by atoms with Gasteiger partial charge in [0.1, 0.15) is 18.3 Å². The number of rotatable bonds is 7. The summed E-state index contributed by atoms with van der Waals surface area (Å²) >= 11 is 6.03. The maximum Gasteiger partial charge on any atom is 0.187 e. The van der Waals surface area contributed by atoms with E-state index in [1.54, 1.807) is 27.5 Å². The van der Waals surface area contributed by atoms with E-state index < -0.39 is 6.29 Å². The molecule has 7 nitrogen and oxygen atoms in total. The van der Waals surface area contributed by atoms with E-state index in [1.807, 2.05) is 37.3 Å². The van der Waals surface area contributed by atoms with Crippen LogP contribution in [0.15, 0.2) is 54.7 Å². The monoisotopic (exact) mass is 510 g/mol. The molecule has 190 valence electrons. The summed E-state index contributed by atoms with van der Waals surface area (Å²) in [6.07, 6.45) is 1.75.